The van der Waals surface area contributed by atoms with Crippen LogP contribution < -0.4 is 0 Å². The lowest BCUT2D eigenvalue weighted by Gasteiger charge is -2.36. The third kappa shape index (κ3) is 3.11. The minimum atomic E-state index is 0.0348. The molecule has 1 aliphatic heterocycles. The first-order valence-corrected chi connectivity index (χ1v) is 9.79. The van der Waals surface area contributed by atoms with Crippen LogP contribution in [0.2, 0.25) is 0 Å². The first-order chi connectivity index (χ1) is 12.7. The van der Waals surface area contributed by atoms with Gasteiger partial charge in [0.05, 0.1) is 6.42 Å². The normalized spacial score (nSPS) is 21.8. The SMILES string of the molecule is O=C(Cc1ccccc1)N1CCC(C2(c3ccccc3O)CCCC2)C1. The molecule has 1 N–H and O–H groups in total. The van der Waals surface area contributed by atoms with E-state index in [9.17, 15) is 9.90 Å². The summed E-state index contributed by atoms with van der Waals surface area (Å²) in [5, 5.41) is 10.5. The van der Waals surface area contributed by atoms with Gasteiger partial charge in [-0.25, -0.2) is 0 Å². The average molecular weight is 349 g/mol. The molecule has 136 valence electrons. The minimum Gasteiger partial charge on any atom is -0.508 e. The van der Waals surface area contributed by atoms with E-state index in [2.05, 4.69) is 6.07 Å². The highest BCUT2D eigenvalue weighted by atomic mass is 16.3. The fourth-order valence-electron chi connectivity index (χ4n) is 5.12. The van der Waals surface area contributed by atoms with Gasteiger partial charge >= 0.3 is 0 Å². The number of rotatable bonds is 4. The molecule has 26 heavy (non-hydrogen) atoms. The number of nitrogens with zero attached hydrogens (tertiary/aromatic N) is 1. The van der Waals surface area contributed by atoms with Crippen molar-refractivity contribution in [1.29, 1.82) is 0 Å². The van der Waals surface area contributed by atoms with Crippen LogP contribution in [0.25, 0.3) is 0 Å². The fourth-order valence-corrected chi connectivity index (χ4v) is 5.12. The molecule has 3 heteroatoms. The Balaban J connectivity index is 1.51. The van der Waals surface area contributed by atoms with E-state index in [0.717, 1.165) is 43.5 Å². The van der Waals surface area contributed by atoms with E-state index in [1.165, 1.54) is 12.8 Å². The van der Waals surface area contributed by atoms with Crippen molar-refractivity contribution >= 4 is 5.91 Å². The summed E-state index contributed by atoms with van der Waals surface area (Å²) in [6, 6.07) is 17.8. The van der Waals surface area contributed by atoms with Crippen molar-refractivity contribution in [1.82, 2.24) is 4.90 Å². The summed E-state index contributed by atoms with van der Waals surface area (Å²) in [7, 11) is 0. The van der Waals surface area contributed by atoms with Gasteiger partial charge in [-0.15, -0.1) is 0 Å². The molecule has 2 aromatic carbocycles. The molecule has 3 nitrogen and oxygen atoms in total. The highest BCUT2D eigenvalue weighted by Gasteiger charge is 2.47. The van der Waals surface area contributed by atoms with Crippen LogP contribution in [0.15, 0.2) is 54.6 Å². The molecule has 2 aliphatic rings. The molecule has 1 heterocycles. The molecule has 1 aliphatic carbocycles. The highest BCUT2D eigenvalue weighted by molar-refractivity contribution is 5.79. The van der Waals surface area contributed by atoms with Crippen LogP contribution in [-0.4, -0.2) is 29.0 Å². The lowest BCUT2D eigenvalue weighted by Crippen LogP contribution is -2.36. The monoisotopic (exact) mass is 349 g/mol. The van der Waals surface area contributed by atoms with E-state index in [1.807, 2.05) is 53.4 Å². The zero-order valence-corrected chi connectivity index (χ0v) is 15.2. The third-order valence-corrected chi connectivity index (χ3v) is 6.46. The molecular formula is C23H27NO2. The van der Waals surface area contributed by atoms with Gasteiger partial charge in [-0.2, -0.15) is 0 Å². The Morgan fingerprint density at radius 2 is 1.73 bits per heavy atom. The molecule has 4 rings (SSSR count). The van der Waals surface area contributed by atoms with E-state index in [4.69, 9.17) is 0 Å². The van der Waals surface area contributed by atoms with Crippen molar-refractivity contribution in [2.75, 3.05) is 13.1 Å². The highest BCUT2D eigenvalue weighted by Crippen LogP contribution is 2.51. The Kier molecular flexibility index (Phi) is 4.71. The van der Waals surface area contributed by atoms with Gasteiger partial charge in [0.2, 0.25) is 5.91 Å². The third-order valence-electron chi connectivity index (χ3n) is 6.46. The zero-order valence-electron chi connectivity index (χ0n) is 15.2. The molecule has 0 spiro atoms. The van der Waals surface area contributed by atoms with Gasteiger partial charge in [-0.3, -0.25) is 4.79 Å². The standard InChI is InChI=1S/C23H27NO2/c25-21-11-5-4-10-20(21)23(13-6-7-14-23)19-12-15-24(17-19)22(26)16-18-8-2-1-3-9-18/h1-5,8-11,19,25H,6-7,12-17H2. The van der Waals surface area contributed by atoms with Crippen LogP contribution in [0.1, 0.15) is 43.2 Å². The Labute approximate surface area is 155 Å². The summed E-state index contributed by atoms with van der Waals surface area (Å²) in [5.74, 6) is 1.09. The summed E-state index contributed by atoms with van der Waals surface area (Å²) in [6.45, 7) is 1.66. The number of para-hydroxylation sites is 1. The molecule has 2 fully saturated rings. The van der Waals surface area contributed by atoms with Crippen molar-refractivity contribution < 1.29 is 9.90 Å². The van der Waals surface area contributed by atoms with Crippen LogP contribution in [-0.2, 0) is 16.6 Å². The molecule has 1 atom stereocenters. The second-order valence-corrected chi connectivity index (χ2v) is 7.87. The maximum Gasteiger partial charge on any atom is 0.226 e. The summed E-state index contributed by atoms with van der Waals surface area (Å²) >= 11 is 0. The molecule has 0 aromatic heterocycles. The number of carbonyl (C=O) groups excluding carboxylic acids is 1. The van der Waals surface area contributed by atoms with Gasteiger partial charge in [0, 0.05) is 24.1 Å². The van der Waals surface area contributed by atoms with Gasteiger partial charge in [0.25, 0.3) is 0 Å². The number of likely N-dealkylation sites (tertiary alicyclic amines) is 1. The number of benzene rings is 2. The Morgan fingerprint density at radius 3 is 2.46 bits per heavy atom. The summed E-state index contributed by atoms with van der Waals surface area (Å²) < 4.78 is 0. The summed E-state index contributed by atoms with van der Waals surface area (Å²) in [6.07, 6.45) is 6.18. The predicted octanol–water partition coefficient (Wildman–Crippen LogP) is 4.30. The number of amides is 1. The molecule has 2 aromatic rings. The number of hydrogen-bond acceptors (Lipinski definition) is 2. The van der Waals surface area contributed by atoms with Crippen LogP contribution >= 0.6 is 0 Å². The van der Waals surface area contributed by atoms with Crippen LogP contribution in [0.4, 0.5) is 0 Å². The Bertz CT molecular complexity index is 765. The van der Waals surface area contributed by atoms with E-state index in [1.54, 1.807) is 0 Å². The molecule has 1 unspecified atom stereocenters. The number of carbonyl (C=O) groups is 1. The first kappa shape index (κ1) is 17.1. The second kappa shape index (κ2) is 7.14. The minimum absolute atomic E-state index is 0.0348. The van der Waals surface area contributed by atoms with Crippen molar-refractivity contribution in [3.05, 3.63) is 65.7 Å². The van der Waals surface area contributed by atoms with Crippen LogP contribution in [0.3, 0.4) is 0 Å². The van der Waals surface area contributed by atoms with Gasteiger partial charge in [-0.05, 0) is 36.8 Å². The number of phenols is 1. The number of hydrogen-bond donors (Lipinski definition) is 1. The van der Waals surface area contributed by atoms with Gasteiger partial charge in [-0.1, -0.05) is 61.4 Å². The van der Waals surface area contributed by atoms with Crippen molar-refractivity contribution in [3.63, 3.8) is 0 Å². The smallest absolute Gasteiger partial charge is 0.226 e. The van der Waals surface area contributed by atoms with Crippen molar-refractivity contribution in [3.8, 4) is 5.75 Å². The fraction of sp³-hybridized carbons (Fsp3) is 0.435. The summed E-state index contributed by atoms with van der Waals surface area (Å²) in [4.78, 5) is 14.8. The van der Waals surface area contributed by atoms with E-state index in [0.29, 0.717) is 18.1 Å². The topological polar surface area (TPSA) is 40.5 Å². The quantitative estimate of drug-likeness (QED) is 0.894. The molecular weight excluding hydrogens is 322 g/mol. The lowest BCUT2D eigenvalue weighted by molar-refractivity contribution is -0.129. The predicted molar refractivity (Wildman–Crippen MR) is 103 cm³/mol. The van der Waals surface area contributed by atoms with Gasteiger partial charge in [0.15, 0.2) is 0 Å². The number of aromatic hydroxyl groups is 1. The maximum absolute atomic E-state index is 12.8. The Hall–Kier alpha value is -2.29. The molecule has 1 saturated carbocycles. The molecule has 0 radical (unpaired) electrons. The maximum atomic E-state index is 12.8. The largest absolute Gasteiger partial charge is 0.508 e. The van der Waals surface area contributed by atoms with Crippen LogP contribution in [0, 0.1) is 5.92 Å². The lowest BCUT2D eigenvalue weighted by atomic mass is 9.68. The van der Waals surface area contributed by atoms with E-state index < -0.39 is 0 Å². The van der Waals surface area contributed by atoms with Gasteiger partial charge in [0.1, 0.15) is 5.75 Å². The second-order valence-electron chi connectivity index (χ2n) is 7.87. The molecule has 1 amide bonds. The number of phenolic OH excluding ortho intramolecular Hbond substituents is 1. The van der Waals surface area contributed by atoms with Crippen molar-refractivity contribution in [2.24, 2.45) is 5.92 Å². The van der Waals surface area contributed by atoms with Gasteiger partial charge < -0.3 is 10.0 Å². The summed E-state index contributed by atoms with van der Waals surface area (Å²) in [5.41, 5.74) is 2.21. The van der Waals surface area contributed by atoms with E-state index in [-0.39, 0.29) is 11.3 Å². The Morgan fingerprint density at radius 1 is 1.04 bits per heavy atom. The first-order valence-electron chi connectivity index (χ1n) is 9.79. The van der Waals surface area contributed by atoms with E-state index >= 15 is 0 Å². The molecule has 0 bridgehead atoms. The van der Waals surface area contributed by atoms with Crippen molar-refractivity contribution in [2.45, 2.75) is 43.9 Å². The van der Waals surface area contributed by atoms with Crippen LogP contribution in [0.5, 0.6) is 5.75 Å². The zero-order chi connectivity index (χ0) is 18.0. The average Bonchev–Trinajstić information content (AvgIpc) is 3.33. The molecule has 1 saturated heterocycles.